The Morgan fingerprint density at radius 3 is 2.35 bits per heavy atom. The van der Waals surface area contributed by atoms with Gasteiger partial charge in [0.25, 0.3) is 17.7 Å². The summed E-state index contributed by atoms with van der Waals surface area (Å²) in [5.74, 6) is -4.43. The Labute approximate surface area is 281 Å². The molecule has 0 radical (unpaired) electrons. The van der Waals surface area contributed by atoms with E-state index in [-0.39, 0.29) is 43.7 Å². The first-order valence-corrected chi connectivity index (χ1v) is 16.4. The SMILES string of the molecule is NC(=O)c1cc2c(c(-c3cc4c(cc3C(=O)N3CCC[C@H]3C(=O)N[C@H]3CCCCC3C(=O)ON3C(=O)CCC3=O)B(O)OC4)c1)COB2O. The third-order valence-electron chi connectivity index (χ3n) is 10.1. The molecule has 3 fully saturated rings. The number of fused-ring (bicyclic) bond motifs is 2. The van der Waals surface area contributed by atoms with Crippen LogP contribution in [0.2, 0.25) is 0 Å². The van der Waals surface area contributed by atoms with E-state index in [4.69, 9.17) is 19.9 Å². The molecule has 0 bridgehead atoms. The van der Waals surface area contributed by atoms with E-state index in [1.54, 1.807) is 6.07 Å². The maximum Gasteiger partial charge on any atom is 0.491 e. The number of carbonyl (C=O) groups excluding carboxylic acids is 6. The number of hydrogen-bond donors (Lipinski definition) is 4. The molecule has 2 aromatic rings. The highest BCUT2D eigenvalue weighted by atomic mass is 16.7. The number of benzene rings is 2. The first-order valence-electron chi connectivity index (χ1n) is 16.4. The van der Waals surface area contributed by atoms with Crippen LogP contribution in [-0.2, 0) is 46.5 Å². The summed E-state index contributed by atoms with van der Waals surface area (Å²) in [6, 6.07) is 4.70. The number of carbonyl (C=O) groups is 6. The minimum atomic E-state index is -1.30. The molecule has 2 aromatic carbocycles. The smallest absolute Gasteiger partial charge is 0.423 e. The number of nitrogens with one attached hydrogen (secondary N) is 1. The van der Waals surface area contributed by atoms with E-state index in [9.17, 15) is 38.8 Å². The minimum absolute atomic E-state index is 0.00846. The lowest BCUT2D eigenvalue weighted by molar-refractivity contribution is -0.202. The van der Waals surface area contributed by atoms with E-state index in [2.05, 4.69) is 5.32 Å². The van der Waals surface area contributed by atoms with Crippen molar-refractivity contribution in [1.29, 1.82) is 0 Å². The highest BCUT2D eigenvalue weighted by molar-refractivity contribution is 6.62. The average Bonchev–Trinajstić information content (AvgIpc) is 3.88. The number of hydroxylamine groups is 2. The van der Waals surface area contributed by atoms with Gasteiger partial charge < -0.3 is 40.1 Å². The van der Waals surface area contributed by atoms with Crippen LogP contribution in [0, 0.1) is 5.92 Å². The molecule has 3 atom stereocenters. The van der Waals surface area contributed by atoms with E-state index >= 15 is 0 Å². The van der Waals surface area contributed by atoms with Crippen LogP contribution in [-0.4, -0.2) is 88.4 Å². The first kappa shape index (κ1) is 33.0. The summed E-state index contributed by atoms with van der Waals surface area (Å²) < 4.78 is 10.9. The van der Waals surface area contributed by atoms with Crippen LogP contribution in [0.1, 0.15) is 83.2 Å². The second kappa shape index (κ2) is 13.0. The zero-order chi connectivity index (χ0) is 34.6. The standard InChI is InChI=1S/C32H34B2N4O11/c35-29(41)16-10-20(22-15-48-34(46)24(22)12-16)19-11-17-14-47-33(45)23(17)13-21(19)31(43)37-9-3-6-26(37)30(42)36-25-5-2-1-4-18(25)32(44)49-38-27(39)7-8-28(38)40/h10-13,18,25-26,45-46H,1-9,14-15H2,(H2,35,41)(H,36,42)/t18?,25-,26-/m0/s1. The maximum atomic E-state index is 14.5. The normalized spacial score (nSPS) is 23.2. The summed E-state index contributed by atoms with van der Waals surface area (Å²) in [5.41, 5.74) is 8.63. The first-order chi connectivity index (χ1) is 23.5. The van der Waals surface area contributed by atoms with Gasteiger partial charge in [0, 0.05) is 36.6 Å². The molecular weight excluding hydrogens is 638 g/mol. The molecule has 5 amide bonds. The molecule has 1 unspecified atom stereocenters. The molecule has 5 aliphatic rings. The van der Waals surface area contributed by atoms with Crippen LogP contribution in [0.15, 0.2) is 24.3 Å². The second-order valence-corrected chi connectivity index (χ2v) is 13.0. The summed E-state index contributed by atoms with van der Waals surface area (Å²) >= 11 is 0. The van der Waals surface area contributed by atoms with Gasteiger partial charge in [-0.3, -0.25) is 24.0 Å². The third kappa shape index (κ3) is 6.00. The largest absolute Gasteiger partial charge is 0.491 e. The van der Waals surface area contributed by atoms with E-state index in [0.29, 0.717) is 70.3 Å². The number of likely N-dealkylation sites (tertiary alicyclic amines) is 1. The van der Waals surface area contributed by atoms with Crippen molar-refractivity contribution in [3.63, 3.8) is 0 Å². The van der Waals surface area contributed by atoms with Gasteiger partial charge in [0.05, 0.1) is 19.1 Å². The molecule has 254 valence electrons. The highest BCUT2D eigenvalue weighted by Gasteiger charge is 2.42. The van der Waals surface area contributed by atoms with Gasteiger partial charge in [0.2, 0.25) is 11.8 Å². The fourth-order valence-corrected chi connectivity index (χ4v) is 7.50. The van der Waals surface area contributed by atoms with E-state index in [0.717, 1.165) is 6.42 Å². The van der Waals surface area contributed by atoms with Crippen molar-refractivity contribution in [2.45, 2.75) is 76.7 Å². The molecule has 5 N–H and O–H groups in total. The summed E-state index contributed by atoms with van der Waals surface area (Å²) in [6.07, 6.45) is 3.11. The lowest BCUT2D eigenvalue weighted by Gasteiger charge is -2.33. The van der Waals surface area contributed by atoms with Gasteiger partial charge in [0.15, 0.2) is 0 Å². The predicted molar refractivity (Wildman–Crippen MR) is 170 cm³/mol. The Bertz CT molecular complexity index is 1770. The number of nitrogens with zero attached hydrogens (tertiary/aromatic N) is 2. The van der Waals surface area contributed by atoms with E-state index in [1.165, 1.54) is 23.1 Å². The zero-order valence-corrected chi connectivity index (χ0v) is 26.5. The van der Waals surface area contributed by atoms with Crippen molar-refractivity contribution in [3.8, 4) is 11.1 Å². The van der Waals surface area contributed by atoms with Crippen LogP contribution >= 0.6 is 0 Å². The lowest BCUT2D eigenvalue weighted by atomic mass is 9.74. The molecule has 1 aliphatic carbocycles. The van der Waals surface area contributed by atoms with Crippen LogP contribution < -0.4 is 22.0 Å². The summed E-state index contributed by atoms with van der Waals surface area (Å²) in [4.78, 5) is 84.4. The van der Waals surface area contributed by atoms with Crippen LogP contribution in [0.4, 0.5) is 0 Å². The number of primary amides is 1. The van der Waals surface area contributed by atoms with Gasteiger partial charge in [0.1, 0.15) is 6.04 Å². The highest BCUT2D eigenvalue weighted by Crippen LogP contribution is 2.35. The summed E-state index contributed by atoms with van der Waals surface area (Å²) in [7, 11) is -2.56. The topological polar surface area (TPSA) is 215 Å². The summed E-state index contributed by atoms with van der Waals surface area (Å²) in [5, 5.41) is 24.5. The van der Waals surface area contributed by atoms with Gasteiger partial charge in [-0.25, -0.2) is 4.79 Å². The maximum absolute atomic E-state index is 14.5. The van der Waals surface area contributed by atoms with Gasteiger partial charge in [-0.1, -0.05) is 12.8 Å². The molecule has 17 heteroatoms. The number of nitrogens with two attached hydrogens (primary N) is 1. The van der Waals surface area contributed by atoms with Crippen molar-refractivity contribution in [2.24, 2.45) is 11.7 Å². The summed E-state index contributed by atoms with van der Waals surface area (Å²) in [6.45, 7) is 0.340. The van der Waals surface area contributed by atoms with Crippen LogP contribution in [0.3, 0.4) is 0 Å². The fraction of sp³-hybridized carbons (Fsp3) is 0.438. The Morgan fingerprint density at radius 2 is 1.59 bits per heavy atom. The monoisotopic (exact) mass is 672 g/mol. The van der Waals surface area contributed by atoms with Crippen molar-refractivity contribution in [1.82, 2.24) is 15.3 Å². The van der Waals surface area contributed by atoms with Crippen molar-refractivity contribution in [2.75, 3.05) is 6.54 Å². The number of hydrogen-bond acceptors (Lipinski definition) is 11. The van der Waals surface area contributed by atoms with Gasteiger partial charge in [-0.2, -0.15) is 0 Å². The second-order valence-electron chi connectivity index (χ2n) is 13.0. The average molecular weight is 672 g/mol. The molecule has 4 aliphatic heterocycles. The van der Waals surface area contributed by atoms with Crippen molar-refractivity contribution < 1.29 is 53.0 Å². The van der Waals surface area contributed by atoms with Crippen LogP contribution in [0.25, 0.3) is 11.1 Å². The lowest BCUT2D eigenvalue weighted by Crippen LogP contribution is -2.53. The molecular formula is C32H34B2N4O11. The Morgan fingerprint density at radius 1 is 0.878 bits per heavy atom. The number of amides is 5. The van der Waals surface area contributed by atoms with Crippen molar-refractivity contribution >= 4 is 60.7 Å². The zero-order valence-electron chi connectivity index (χ0n) is 26.5. The quantitative estimate of drug-likeness (QED) is 0.202. The minimum Gasteiger partial charge on any atom is -0.423 e. The Balaban J connectivity index is 1.17. The molecule has 49 heavy (non-hydrogen) atoms. The van der Waals surface area contributed by atoms with Gasteiger partial charge in [-0.15, -0.1) is 5.06 Å². The van der Waals surface area contributed by atoms with Crippen LogP contribution in [0.5, 0.6) is 0 Å². The molecule has 4 heterocycles. The Hall–Kier alpha value is -4.57. The molecule has 15 nitrogen and oxygen atoms in total. The predicted octanol–water partition coefficient (Wildman–Crippen LogP) is -1.23. The molecule has 0 aromatic heterocycles. The Kier molecular flexibility index (Phi) is 8.77. The van der Waals surface area contributed by atoms with E-state index in [1.807, 2.05) is 0 Å². The molecule has 1 saturated carbocycles. The number of imide groups is 1. The molecule has 2 saturated heterocycles. The third-order valence-corrected chi connectivity index (χ3v) is 10.1. The van der Waals surface area contributed by atoms with Crippen molar-refractivity contribution in [3.05, 3.63) is 46.5 Å². The van der Waals surface area contributed by atoms with E-state index < -0.39 is 67.7 Å². The molecule has 7 rings (SSSR count). The molecule has 0 spiro atoms. The number of rotatable bonds is 7. The fourth-order valence-electron chi connectivity index (χ4n) is 7.50. The van der Waals surface area contributed by atoms with Gasteiger partial charge >= 0.3 is 20.2 Å². The van der Waals surface area contributed by atoms with Gasteiger partial charge in [-0.05, 0) is 83.1 Å².